The van der Waals surface area contributed by atoms with E-state index in [-0.39, 0.29) is 12.3 Å². The maximum Gasteiger partial charge on any atom is 0.230 e. The molecule has 0 unspecified atom stereocenters. The summed E-state index contributed by atoms with van der Waals surface area (Å²) < 4.78 is 0. The maximum absolute atomic E-state index is 12.0. The average Bonchev–Trinajstić information content (AvgIpc) is 2.93. The van der Waals surface area contributed by atoms with Crippen molar-refractivity contribution in [3.63, 3.8) is 0 Å². The number of hydrogen-bond donors (Lipinski definition) is 2. The second kappa shape index (κ2) is 8.86. The predicted molar refractivity (Wildman–Crippen MR) is 97.6 cm³/mol. The molecule has 0 aliphatic carbocycles. The fourth-order valence-electron chi connectivity index (χ4n) is 1.96. The number of rotatable bonds is 8. The van der Waals surface area contributed by atoms with Crippen molar-refractivity contribution < 1.29 is 4.79 Å². The molecule has 0 saturated carbocycles. The third-order valence-electron chi connectivity index (χ3n) is 3.08. The topological polar surface area (TPSA) is 57.3 Å². The molecule has 124 valence electrons. The first-order valence-corrected chi connectivity index (χ1v) is 8.67. The Balaban J connectivity index is 1.77. The van der Waals surface area contributed by atoms with Crippen LogP contribution in [0.15, 0.2) is 29.6 Å². The van der Waals surface area contributed by atoms with Crippen LogP contribution in [-0.2, 0) is 11.2 Å². The van der Waals surface area contributed by atoms with E-state index in [9.17, 15) is 4.79 Å². The Morgan fingerprint density at radius 2 is 2.04 bits per heavy atom. The van der Waals surface area contributed by atoms with Crippen LogP contribution >= 0.6 is 22.9 Å². The molecule has 2 N–H and O–H groups in total. The van der Waals surface area contributed by atoms with Gasteiger partial charge >= 0.3 is 0 Å². The van der Waals surface area contributed by atoms with Crippen LogP contribution in [0.3, 0.4) is 0 Å². The molecule has 23 heavy (non-hydrogen) atoms. The summed E-state index contributed by atoms with van der Waals surface area (Å²) in [7, 11) is 4.11. The summed E-state index contributed by atoms with van der Waals surface area (Å²) in [6.07, 6.45) is 1.32. The lowest BCUT2D eigenvalue weighted by molar-refractivity contribution is -0.115. The molecule has 1 heterocycles. The van der Waals surface area contributed by atoms with E-state index >= 15 is 0 Å². The van der Waals surface area contributed by atoms with Crippen molar-refractivity contribution in [3.05, 3.63) is 40.4 Å². The zero-order valence-corrected chi connectivity index (χ0v) is 14.9. The minimum atomic E-state index is -0.0863. The van der Waals surface area contributed by atoms with Gasteiger partial charge in [0, 0.05) is 22.6 Å². The predicted octanol–water partition coefficient (Wildman–Crippen LogP) is 3.34. The van der Waals surface area contributed by atoms with E-state index in [1.807, 2.05) is 5.38 Å². The van der Waals surface area contributed by atoms with Gasteiger partial charge < -0.3 is 15.5 Å². The average molecular weight is 353 g/mol. The van der Waals surface area contributed by atoms with Gasteiger partial charge in [-0.25, -0.2) is 4.98 Å². The van der Waals surface area contributed by atoms with Crippen LogP contribution in [-0.4, -0.2) is 43.0 Å². The van der Waals surface area contributed by atoms with E-state index in [2.05, 4.69) is 34.6 Å². The maximum atomic E-state index is 12.0. The summed E-state index contributed by atoms with van der Waals surface area (Å²) in [4.78, 5) is 18.6. The summed E-state index contributed by atoms with van der Waals surface area (Å²) in [6, 6.07) is 7.05. The minimum Gasteiger partial charge on any atom is -0.361 e. The normalized spacial score (nSPS) is 10.8. The van der Waals surface area contributed by atoms with E-state index < -0.39 is 0 Å². The van der Waals surface area contributed by atoms with Crippen LogP contribution in [0.2, 0.25) is 5.02 Å². The summed E-state index contributed by atoms with van der Waals surface area (Å²) in [5.41, 5.74) is 1.51. The number of thiazole rings is 1. The van der Waals surface area contributed by atoms with Crippen molar-refractivity contribution in [2.24, 2.45) is 0 Å². The number of carbonyl (C=O) groups is 1. The number of anilines is 2. The van der Waals surface area contributed by atoms with Crippen LogP contribution in [0.25, 0.3) is 0 Å². The van der Waals surface area contributed by atoms with Gasteiger partial charge in [-0.2, -0.15) is 0 Å². The molecule has 1 amide bonds. The molecule has 1 aromatic carbocycles. The molecule has 0 bridgehead atoms. The zero-order valence-electron chi connectivity index (χ0n) is 13.3. The highest BCUT2D eigenvalue weighted by Gasteiger charge is 2.08. The van der Waals surface area contributed by atoms with E-state index in [4.69, 9.17) is 11.6 Å². The van der Waals surface area contributed by atoms with E-state index in [1.165, 1.54) is 11.3 Å². The highest BCUT2D eigenvalue weighted by Crippen LogP contribution is 2.17. The molecule has 5 nitrogen and oxygen atoms in total. The lowest BCUT2D eigenvalue weighted by Gasteiger charge is -2.08. The minimum absolute atomic E-state index is 0.0863. The number of aromatic nitrogens is 1. The van der Waals surface area contributed by atoms with Crippen molar-refractivity contribution >= 4 is 39.7 Å². The first-order valence-electron chi connectivity index (χ1n) is 7.41. The zero-order chi connectivity index (χ0) is 16.7. The number of halogens is 1. The van der Waals surface area contributed by atoms with Crippen LogP contribution in [0.5, 0.6) is 0 Å². The van der Waals surface area contributed by atoms with Gasteiger partial charge in [0.2, 0.25) is 5.91 Å². The standard InChI is InChI=1S/C16H21ClN4OS/c1-21(2)9-3-8-18-16-20-14(11-23-16)10-15(22)19-13-6-4-12(17)5-7-13/h4-7,11H,3,8-10H2,1-2H3,(H,18,20)(H,19,22). The molecule has 0 spiro atoms. The summed E-state index contributed by atoms with van der Waals surface area (Å²) in [5, 5.41) is 9.53. The van der Waals surface area contributed by atoms with Gasteiger partial charge in [-0.3, -0.25) is 4.79 Å². The molecule has 0 atom stereocenters. The van der Waals surface area contributed by atoms with Crippen LogP contribution in [0.1, 0.15) is 12.1 Å². The summed E-state index contributed by atoms with van der Waals surface area (Å²) >= 11 is 7.34. The van der Waals surface area contributed by atoms with E-state index in [1.54, 1.807) is 24.3 Å². The van der Waals surface area contributed by atoms with Gasteiger partial charge in [0.15, 0.2) is 5.13 Å². The molecule has 7 heteroatoms. The van der Waals surface area contributed by atoms with Gasteiger partial charge in [-0.1, -0.05) is 11.6 Å². The van der Waals surface area contributed by atoms with Gasteiger partial charge in [-0.05, 0) is 51.3 Å². The second-order valence-corrected chi connectivity index (χ2v) is 6.75. The first kappa shape index (κ1) is 17.7. The monoisotopic (exact) mass is 352 g/mol. The molecule has 2 aromatic rings. The molecule has 0 saturated heterocycles. The van der Waals surface area contributed by atoms with E-state index in [0.717, 1.165) is 36.0 Å². The van der Waals surface area contributed by atoms with E-state index in [0.29, 0.717) is 5.02 Å². The Kier molecular flexibility index (Phi) is 6.83. The number of carbonyl (C=O) groups excluding carboxylic acids is 1. The fraction of sp³-hybridized carbons (Fsp3) is 0.375. The van der Waals surface area contributed by atoms with Gasteiger partial charge in [0.05, 0.1) is 12.1 Å². The number of amides is 1. The van der Waals surface area contributed by atoms with Crippen LogP contribution < -0.4 is 10.6 Å². The van der Waals surface area contributed by atoms with Crippen LogP contribution in [0, 0.1) is 0 Å². The Morgan fingerprint density at radius 3 is 2.74 bits per heavy atom. The number of benzene rings is 1. The number of hydrogen-bond acceptors (Lipinski definition) is 5. The Morgan fingerprint density at radius 1 is 1.30 bits per heavy atom. The molecular weight excluding hydrogens is 332 g/mol. The lowest BCUT2D eigenvalue weighted by atomic mass is 10.3. The highest BCUT2D eigenvalue weighted by molar-refractivity contribution is 7.13. The number of nitrogens with one attached hydrogen (secondary N) is 2. The number of nitrogens with zero attached hydrogens (tertiary/aromatic N) is 2. The molecule has 0 radical (unpaired) electrons. The largest absolute Gasteiger partial charge is 0.361 e. The van der Waals surface area contributed by atoms with Crippen molar-refractivity contribution in [2.75, 3.05) is 37.8 Å². The van der Waals surface area contributed by atoms with Crippen molar-refractivity contribution in [1.82, 2.24) is 9.88 Å². The third kappa shape index (κ3) is 6.56. The molecule has 0 aliphatic rings. The van der Waals surface area contributed by atoms with Gasteiger partial charge in [0.25, 0.3) is 0 Å². The highest BCUT2D eigenvalue weighted by atomic mass is 35.5. The quantitative estimate of drug-likeness (QED) is 0.715. The smallest absolute Gasteiger partial charge is 0.230 e. The van der Waals surface area contributed by atoms with Crippen molar-refractivity contribution in [3.8, 4) is 0 Å². The molecule has 0 aliphatic heterocycles. The lowest BCUT2D eigenvalue weighted by Crippen LogP contribution is -2.16. The SMILES string of the molecule is CN(C)CCCNc1nc(CC(=O)Nc2ccc(Cl)cc2)cs1. The Labute approximate surface area is 145 Å². The first-order chi connectivity index (χ1) is 11.0. The summed E-state index contributed by atoms with van der Waals surface area (Å²) in [5.74, 6) is -0.0863. The summed E-state index contributed by atoms with van der Waals surface area (Å²) in [6.45, 7) is 1.91. The van der Waals surface area contributed by atoms with Crippen molar-refractivity contribution in [1.29, 1.82) is 0 Å². The van der Waals surface area contributed by atoms with Crippen molar-refractivity contribution in [2.45, 2.75) is 12.8 Å². The molecule has 2 rings (SSSR count). The molecular formula is C16H21ClN4OS. The molecule has 1 aromatic heterocycles. The second-order valence-electron chi connectivity index (χ2n) is 5.46. The third-order valence-corrected chi connectivity index (χ3v) is 4.18. The fourth-order valence-corrected chi connectivity index (χ4v) is 2.83. The van der Waals surface area contributed by atoms with Gasteiger partial charge in [0.1, 0.15) is 0 Å². The van der Waals surface area contributed by atoms with Crippen LogP contribution in [0.4, 0.5) is 10.8 Å². The molecule has 0 fully saturated rings. The Bertz CT molecular complexity index is 627. The van der Waals surface area contributed by atoms with Gasteiger partial charge in [-0.15, -0.1) is 11.3 Å². The Hall–Kier alpha value is -1.63.